The number of hydrogen-bond donors (Lipinski definition) is 0. The predicted molar refractivity (Wildman–Crippen MR) is 123 cm³/mol. The molecule has 0 radical (unpaired) electrons. The number of hydrogen-bond acceptors (Lipinski definition) is 6. The van der Waals surface area contributed by atoms with Gasteiger partial charge >= 0.3 is 12.3 Å². The fraction of sp³-hybridized carbons (Fsp3) is 0.458. The average Bonchev–Trinajstić information content (AvgIpc) is 2.74. The number of rotatable bonds is 7. The smallest absolute Gasteiger partial charge is 0.469 e. The minimum Gasteiger partial charge on any atom is -0.469 e. The second-order valence-electron chi connectivity index (χ2n) is 8.76. The van der Waals surface area contributed by atoms with Crippen LogP contribution >= 0.6 is 0 Å². The van der Waals surface area contributed by atoms with Crippen LogP contribution in [0, 0.1) is 6.92 Å². The lowest BCUT2D eigenvalue weighted by atomic mass is 10.1. The van der Waals surface area contributed by atoms with Crippen molar-refractivity contribution in [1.29, 1.82) is 0 Å². The number of ether oxygens (including phenoxy) is 2. The molecule has 2 aromatic rings. The van der Waals surface area contributed by atoms with Gasteiger partial charge in [-0.2, -0.15) is 4.31 Å². The molecule has 192 valence electrons. The van der Waals surface area contributed by atoms with Gasteiger partial charge in [0.2, 0.25) is 10.0 Å². The third kappa shape index (κ3) is 6.74. The Balaban J connectivity index is 1.72. The summed E-state index contributed by atoms with van der Waals surface area (Å²) in [6, 6.07) is 9.72. The average molecular weight is 515 g/mol. The van der Waals surface area contributed by atoms with E-state index in [-0.39, 0.29) is 29.1 Å². The summed E-state index contributed by atoms with van der Waals surface area (Å²) in [6.45, 7) is 6.81. The lowest BCUT2D eigenvalue weighted by Gasteiger charge is -2.43. The summed E-state index contributed by atoms with van der Waals surface area (Å²) in [5, 5.41) is 0. The van der Waals surface area contributed by atoms with E-state index < -0.39 is 22.4 Å². The van der Waals surface area contributed by atoms with Crippen LogP contribution in [-0.2, 0) is 32.5 Å². The number of sulfonamides is 1. The molecule has 0 saturated carbocycles. The van der Waals surface area contributed by atoms with Crippen LogP contribution in [0.15, 0.2) is 47.4 Å². The first-order valence-electron chi connectivity index (χ1n) is 11.1. The number of halogens is 3. The van der Waals surface area contributed by atoms with Crippen molar-refractivity contribution >= 4 is 16.0 Å². The standard InChI is InChI=1S/C24H29F3N2O5S/c1-16-5-10-22(11-20(16)12-23(30)33-4)35(31,32)29-17(2)13-28(14-18(29)3)15-19-6-8-21(9-7-19)34-24(25,26)27/h5-11,17-18H,12-15H2,1-4H3. The van der Waals surface area contributed by atoms with Gasteiger partial charge < -0.3 is 9.47 Å². The van der Waals surface area contributed by atoms with E-state index in [2.05, 4.69) is 9.64 Å². The van der Waals surface area contributed by atoms with E-state index >= 15 is 0 Å². The summed E-state index contributed by atoms with van der Waals surface area (Å²) in [7, 11) is -2.55. The van der Waals surface area contributed by atoms with Crippen LogP contribution in [0.1, 0.15) is 30.5 Å². The molecule has 1 aliphatic rings. The van der Waals surface area contributed by atoms with E-state index in [1.54, 1.807) is 31.2 Å². The van der Waals surface area contributed by atoms with Crippen molar-refractivity contribution in [2.24, 2.45) is 0 Å². The maximum Gasteiger partial charge on any atom is 0.573 e. The minimum atomic E-state index is -4.74. The van der Waals surface area contributed by atoms with E-state index in [4.69, 9.17) is 4.74 Å². The summed E-state index contributed by atoms with van der Waals surface area (Å²) < 4.78 is 74.3. The SMILES string of the molecule is COC(=O)Cc1cc(S(=O)(=O)N2C(C)CN(Cc3ccc(OC(F)(F)F)cc3)CC2C)ccc1C. The molecule has 11 heteroatoms. The number of piperazine rings is 1. The number of carbonyl (C=O) groups excluding carboxylic acids is 1. The predicted octanol–water partition coefficient (Wildman–Crippen LogP) is 3.89. The Hall–Kier alpha value is -2.63. The van der Waals surface area contributed by atoms with Gasteiger partial charge in [0.15, 0.2) is 0 Å². The molecule has 0 N–H and O–H groups in total. The van der Waals surface area contributed by atoms with Gasteiger partial charge in [-0.15, -0.1) is 13.2 Å². The number of alkyl halides is 3. The van der Waals surface area contributed by atoms with Gasteiger partial charge in [-0.05, 0) is 61.7 Å². The fourth-order valence-corrected chi connectivity index (χ4v) is 6.28. The van der Waals surface area contributed by atoms with E-state index in [0.29, 0.717) is 25.2 Å². The Morgan fingerprint density at radius 1 is 1.06 bits per heavy atom. The third-order valence-electron chi connectivity index (χ3n) is 5.94. The van der Waals surface area contributed by atoms with Gasteiger partial charge in [-0.3, -0.25) is 9.69 Å². The van der Waals surface area contributed by atoms with Crippen LogP contribution in [0.25, 0.3) is 0 Å². The highest BCUT2D eigenvalue weighted by atomic mass is 32.2. The number of esters is 1. The molecule has 7 nitrogen and oxygen atoms in total. The maximum absolute atomic E-state index is 13.5. The molecule has 0 amide bonds. The number of aryl methyl sites for hydroxylation is 1. The first-order chi connectivity index (χ1) is 16.3. The van der Waals surface area contributed by atoms with Crippen LogP contribution in [0.5, 0.6) is 5.75 Å². The molecule has 2 aromatic carbocycles. The Kier molecular flexibility index (Phi) is 8.13. The molecule has 0 aliphatic carbocycles. The molecular weight excluding hydrogens is 485 g/mol. The van der Waals surface area contributed by atoms with Crippen molar-refractivity contribution in [2.75, 3.05) is 20.2 Å². The molecule has 3 rings (SSSR count). The monoisotopic (exact) mass is 514 g/mol. The van der Waals surface area contributed by atoms with Crippen molar-refractivity contribution in [3.05, 3.63) is 59.2 Å². The molecule has 1 heterocycles. The first kappa shape index (κ1) is 27.0. The highest BCUT2D eigenvalue weighted by Gasteiger charge is 2.38. The molecule has 1 fully saturated rings. The lowest BCUT2D eigenvalue weighted by molar-refractivity contribution is -0.274. The number of nitrogens with zero attached hydrogens (tertiary/aromatic N) is 2. The van der Waals surface area contributed by atoms with E-state index in [1.807, 2.05) is 13.8 Å². The van der Waals surface area contributed by atoms with Crippen molar-refractivity contribution in [3.8, 4) is 5.75 Å². The molecule has 1 saturated heterocycles. The Morgan fingerprint density at radius 3 is 2.20 bits per heavy atom. The number of methoxy groups -OCH3 is 1. The van der Waals surface area contributed by atoms with E-state index in [0.717, 1.165) is 11.1 Å². The van der Waals surface area contributed by atoms with Crippen LogP contribution in [0.3, 0.4) is 0 Å². The Bertz CT molecular complexity index is 1140. The third-order valence-corrected chi connectivity index (χ3v) is 8.06. The van der Waals surface area contributed by atoms with Crippen molar-refractivity contribution in [3.63, 3.8) is 0 Å². The highest BCUT2D eigenvalue weighted by molar-refractivity contribution is 7.89. The summed E-state index contributed by atoms with van der Waals surface area (Å²) >= 11 is 0. The summed E-state index contributed by atoms with van der Waals surface area (Å²) in [4.78, 5) is 13.9. The molecule has 0 aromatic heterocycles. The molecule has 0 bridgehead atoms. The normalized spacial score (nSPS) is 20.0. The van der Waals surface area contributed by atoms with Gasteiger partial charge in [0.1, 0.15) is 5.75 Å². The zero-order valence-electron chi connectivity index (χ0n) is 20.0. The van der Waals surface area contributed by atoms with Crippen molar-refractivity contribution in [1.82, 2.24) is 9.21 Å². The molecule has 35 heavy (non-hydrogen) atoms. The second kappa shape index (κ2) is 10.5. The van der Waals surface area contributed by atoms with Crippen LogP contribution in [-0.4, -0.2) is 62.2 Å². The zero-order valence-corrected chi connectivity index (χ0v) is 20.8. The van der Waals surface area contributed by atoms with E-state index in [1.165, 1.54) is 29.6 Å². The van der Waals surface area contributed by atoms with Crippen LogP contribution in [0.4, 0.5) is 13.2 Å². The fourth-order valence-electron chi connectivity index (χ4n) is 4.42. The zero-order chi connectivity index (χ0) is 26.0. The highest BCUT2D eigenvalue weighted by Crippen LogP contribution is 2.28. The summed E-state index contributed by atoms with van der Waals surface area (Å²) in [6.07, 6.45) is -4.76. The van der Waals surface area contributed by atoms with Gasteiger partial charge in [0.05, 0.1) is 18.4 Å². The summed E-state index contributed by atoms with van der Waals surface area (Å²) in [5.41, 5.74) is 2.18. The van der Waals surface area contributed by atoms with Gasteiger partial charge in [-0.1, -0.05) is 18.2 Å². The molecule has 0 spiro atoms. The Labute approximate surface area is 203 Å². The van der Waals surface area contributed by atoms with Crippen LogP contribution in [0.2, 0.25) is 0 Å². The van der Waals surface area contributed by atoms with Crippen LogP contribution < -0.4 is 4.74 Å². The first-order valence-corrected chi connectivity index (χ1v) is 12.5. The molecule has 2 atom stereocenters. The van der Waals surface area contributed by atoms with Gasteiger partial charge in [-0.25, -0.2) is 8.42 Å². The Morgan fingerprint density at radius 2 is 1.66 bits per heavy atom. The number of carbonyl (C=O) groups is 1. The lowest BCUT2D eigenvalue weighted by Crippen LogP contribution is -2.58. The quantitative estimate of drug-likeness (QED) is 0.522. The largest absolute Gasteiger partial charge is 0.573 e. The minimum absolute atomic E-state index is 0.0165. The second-order valence-corrected chi connectivity index (χ2v) is 10.6. The molecule has 2 unspecified atom stereocenters. The molecular formula is C24H29F3N2O5S. The summed E-state index contributed by atoms with van der Waals surface area (Å²) in [5.74, 6) is -0.737. The molecule has 1 aliphatic heterocycles. The maximum atomic E-state index is 13.5. The van der Waals surface area contributed by atoms with Gasteiger partial charge in [0.25, 0.3) is 0 Å². The van der Waals surface area contributed by atoms with E-state index in [9.17, 15) is 26.4 Å². The topological polar surface area (TPSA) is 76.2 Å². The van der Waals surface area contributed by atoms with Crippen molar-refractivity contribution < 1.29 is 35.9 Å². The van der Waals surface area contributed by atoms with Crippen molar-refractivity contribution in [2.45, 2.75) is 57.1 Å². The van der Waals surface area contributed by atoms with Gasteiger partial charge in [0, 0.05) is 31.7 Å². The number of benzene rings is 2.